The fourth-order valence-electron chi connectivity index (χ4n) is 2.26. The molecule has 132 valence electrons. The Morgan fingerprint density at radius 3 is 2.43 bits per heavy atom. The van der Waals surface area contributed by atoms with Gasteiger partial charge in [0.25, 0.3) is 10.1 Å². The zero-order valence-electron chi connectivity index (χ0n) is 13.5. The lowest BCUT2D eigenvalue weighted by atomic mass is 9.89. The van der Waals surface area contributed by atoms with Gasteiger partial charge in [0.2, 0.25) is 0 Å². The summed E-state index contributed by atoms with van der Waals surface area (Å²) in [6.45, 7) is 2.46. The molecular weight excluding hydrogens is 363 g/mol. The van der Waals surface area contributed by atoms with E-state index in [0.29, 0.717) is 28.6 Å². The van der Waals surface area contributed by atoms with Crippen molar-refractivity contribution in [1.82, 2.24) is 0 Å². The van der Waals surface area contributed by atoms with Gasteiger partial charge in [-0.2, -0.15) is 8.42 Å². The van der Waals surface area contributed by atoms with Gasteiger partial charge in [-0.05, 0) is 18.6 Å². The lowest BCUT2D eigenvalue weighted by molar-refractivity contribution is -0.0961. The first-order valence-electron chi connectivity index (χ1n) is 7.17. The molecule has 8 heteroatoms. The van der Waals surface area contributed by atoms with Gasteiger partial charge in [-0.1, -0.05) is 42.6 Å². The van der Waals surface area contributed by atoms with Gasteiger partial charge < -0.3 is 9.47 Å². The summed E-state index contributed by atoms with van der Waals surface area (Å²) in [5.74, 6) is 0. The van der Waals surface area contributed by atoms with Crippen LogP contribution in [0.3, 0.4) is 0 Å². The summed E-state index contributed by atoms with van der Waals surface area (Å²) in [7, 11) is -2.05. The fourth-order valence-corrected chi connectivity index (χ4v) is 3.25. The van der Waals surface area contributed by atoms with Gasteiger partial charge in [-0.3, -0.25) is 4.18 Å². The number of hydrogen-bond acceptors (Lipinski definition) is 5. The SMILES string of the molecule is CCCC(COS(C)(=O)=O)(OCCOC)c1ccc(Cl)cc1Cl. The number of hydrogen-bond donors (Lipinski definition) is 0. The number of ether oxygens (including phenoxy) is 2. The quantitative estimate of drug-likeness (QED) is 0.455. The van der Waals surface area contributed by atoms with Crippen molar-refractivity contribution in [3.05, 3.63) is 33.8 Å². The van der Waals surface area contributed by atoms with Crippen LogP contribution in [0.2, 0.25) is 10.0 Å². The Bertz CT molecular complexity index is 606. The molecule has 1 aromatic carbocycles. The summed E-state index contributed by atoms with van der Waals surface area (Å²) in [6.07, 6.45) is 2.29. The summed E-state index contributed by atoms with van der Waals surface area (Å²) < 4.78 is 38.9. The lowest BCUT2D eigenvalue weighted by Crippen LogP contribution is -2.37. The zero-order valence-corrected chi connectivity index (χ0v) is 15.8. The molecule has 1 unspecified atom stereocenters. The van der Waals surface area contributed by atoms with E-state index in [-0.39, 0.29) is 13.2 Å². The fraction of sp³-hybridized carbons (Fsp3) is 0.600. The molecule has 0 saturated carbocycles. The van der Waals surface area contributed by atoms with Gasteiger partial charge >= 0.3 is 0 Å². The molecule has 0 aliphatic heterocycles. The molecule has 0 aromatic heterocycles. The van der Waals surface area contributed by atoms with Crippen molar-refractivity contribution in [1.29, 1.82) is 0 Å². The highest BCUT2D eigenvalue weighted by atomic mass is 35.5. The topological polar surface area (TPSA) is 61.8 Å². The van der Waals surface area contributed by atoms with Crippen LogP contribution in [0.25, 0.3) is 0 Å². The smallest absolute Gasteiger partial charge is 0.264 e. The minimum atomic E-state index is -3.62. The van der Waals surface area contributed by atoms with Gasteiger partial charge in [0.15, 0.2) is 0 Å². The van der Waals surface area contributed by atoms with Crippen molar-refractivity contribution in [3.63, 3.8) is 0 Å². The first kappa shape index (κ1) is 20.7. The molecule has 23 heavy (non-hydrogen) atoms. The molecule has 0 amide bonds. The molecule has 5 nitrogen and oxygen atoms in total. The molecule has 0 fully saturated rings. The van der Waals surface area contributed by atoms with E-state index in [9.17, 15) is 8.42 Å². The Hall–Kier alpha value is -0.370. The maximum atomic E-state index is 11.4. The summed E-state index contributed by atoms with van der Waals surface area (Å²) in [5.41, 5.74) is -0.344. The first-order valence-corrected chi connectivity index (χ1v) is 9.74. The van der Waals surface area contributed by atoms with E-state index in [1.165, 1.54) is 0 Å². The van der Waals surface area contributed by atoms with Crippen LogP contribution < -0.4 is 0 Å². The second kappa shape index (κ2) is 9.20. The molecule has 0 bridgehead atoms. The number of halogens is 2. The van der Waals surface area contributed by atoms with Gasteiger partial charge in [0, 0.05) is 22.7 Å². The Morgan fingerprint density at radius 2 is 1.91 bits per heavy atom. The highest BCUT2D eigenvalue weighted by molar-refractivity contribution is 7.85. The van der Waals surface area contributed by atoms with Crippen LogP contribution in [-0.4, -0.2) is 41.6 Å². The average Bonchev–Trinajstić information content (AvgIpc) is 2.44. The van der Waals surface area contributed by atoms with Gasteiger partial charge in [0.1, 0.15) is 5.60 Å². The van der Waals surface area contributed by atoms with Crippen molar-refractivity contribution in [2.24, 2.45) is 0 Å². The van der Waals surface area contributed by atoms with Gasteiger partial charge in [-0.15, -0.1) is 0 Å². The molecule has 1 atom stereocenters. The van der Waals surface area contributed by atoms with Crippen LogP contribution >= 0.6 is 23.2 Å². The lowest BCUT2D eigenvalue weighted by Gasteiger charge is -2.34. The summed E-state index contributed by atoms with van der Waals surface area (Å²) in [4.78, 5) is 0. The van der Waals surface area contributed by atoms with Crippen LogP contribution in [0.4, 0.5) is 0 Å². The largest absolute Gasteiger partial charge is 0.382 e. The van der Waals surface area contributed by atoms with Crippen molar-refractivity contribution >= 4 is 33.3 Å². The van der Waals surface area contributed by atoms with Crippen molar-refractivity contribution in [3.8, 4) is 0 Å². The van der Waals surface area contributed by atoms with Crippen LogP contribution in [0.15, 0.2) is 18.2 Å². The maximum absolute atomic E-state index is 11.4. The molecule has 0 spiro atoms. The number of benzene rings is 1. The molecule has 1 aromatic rings. The molecule has 0 saturated heterocycles. The van der Waals surface area contributed by atoms with Crippen LogP contribution in [-0.2, 0) is 29.4 Å². The van der Waals surface area contributed by atoms with Crippen molar-refractivity contribution in [2.75, 3.05) is 33.2 Å². The van der Waals surface area contributed by atoms with E-state index in [0.717, 1.165) is 12.7 Å². The first-order chi connectivity index (χ1) is 10.7. The molecule has 0 N–H and O–H groups in total. The Labute approximate surface area is 147 Å². The minimum Gasteiger partial charge on any atom is -0.382 e. The van der Waals surface area contributed by atoms with E-state index >= 15 is 0 Å². The summed E-state index contributed by atoms with van der Waals surface area (Å²) in [6, 6.07) is 5.02. The van der Waals surface area contributed by atoms with Gasteiger partial charge in [-0.25, -0.2) is 0 Å². The molecule has 0 aliphatic carbocycles. The molecule has 0 radical (unpaired) electrons. The standard InChI is InChI=1S/C15H22Cl2O5S/c1-4-7-15(21-9-8-20-2,11-22-23(3,18)19)13-6-5-12(16)10-14(13)17/h5-6,10H,4,7-9,11H2,1-3H3. The van der Waals surface area contributed by atoms with Crippen LogP contribution in [0.1, 0.15) is 25.3 Å². The molecule has 1 rings (SSSR count). The zero-order chi connectivity index (χ0) is 17.5. The monoisotopic (exact) mass is 384 g/mol. The Balaban J connectivity index is 3.23. The van der Waals surface area contributed by atoms with Crippen LogP contribution in [0, 0.1) is 0 Å². The Morgan fingerprint density at radius 1 is 1.22 bits per heavy atom. The number of rotatable bonds is 10. The minimum absolute atomic E-state index is 0.162. The van der Waals surface area contributed by atoms with E-state index in [1.54, 1.807) is 25.3 Å². The predicted octanol–water partition coefficient (Wildman–Crippen LogP) is 3.63. The van der Waals surface area contributed by atoms with Crippen molar-refractivity contribution < 1.29 is 22.1 Å². The molecule has 0 heterocycles. The highest BCUT2D eigenvalue weighted by Crippen LogP contribution is 2.37. The van der Waals surface area contributed by atoms with Crippen molar-refractivity contribution in [2.45, 2.75) is 25.4 Å². The van der Waals surface area contributed by atoms with Crippen LogP contribution in [0.5, 0.6) is 0 Å². The number of methoxy groups -OCH3 is 1. The normalized spacial score (nSPS) is 14.7. The summed E-state index contributed by atoms with van der Waals surface area (Å²) >= 11 is 12.3. The second-order valence-corrected chi connectivity index (χ2v) is 7.66. The highest BCUT2D eigenvalue weighted by Gasteiger charge is 2.36. The second-order valence-electron chi connectivity index (χ2n) is 5.18. The Kier molecular flexibility index (Phi) is 8.27. The third kappa shape index (κ3) is 6.57. The molecule has 0 aliphatic rings. The average molecular weight is 385 g/mol. The van der Waals surface area contributed by atoms with E-state index in [4.69, 9.17) is 36.9 Å². The van der Waals surface area contributed by atoms with E-state index < -0.39 is 15.7 Å². The third-order valence-corrected chi connectivity index (χ3v) is 4.34. The third-order valence-electron chi connectivity index (χ3n) is 3.25. The van der Waals surface area contributed by atoms with E-state index in [2.05, 4.69) is 0 Å². The van der Waals surface area contributed by atoms with Gasteiger partial charge in [0.05, 0.1) is 26.1 Å². The summed E-state index contributed by atoms with van der Waals surface area (Å²) in [5, 5.41) is 0.894. The van der Waals surface area contributed by atoms with E-state index in [1.807, 2.05) is 6.92 Å². The predicted molar refractivity (Wildman–Crippen MR) is 91.7 cm³/mol. The maximum Gasteiger partial charge on any atom is 0.264 e. The molecular formula is C15H22Cl2O5S.